The van der Waals surface area contributed by atoms with Crippen LogP contribution in [0.1, 0.15) is 82.8 Å². The summed E-state index contributed by atoms with van der Waals surface area (Å²) in [5.41, 5.74) is 7.08. The molecule has 290 valence electrons. The van der Waals surface area contributed by atoms with Crippen LogP contribution in [0.4, 0.5) is 21.9 Å². The van der Waals surface area contributed by atoms with E-state index in [2.05, 4.69) is 50.1 Å². The minimum absolute atomic E-state index is 0.0294. The van der Waals surface area contributed by atoms with Crippen LogP contribution in [0.15, 0.2) is 72.9 Å². The van der Waals surface area contributed by atoms with Crippen LogP contribution >= 0.6 is 0 Å². The first-order valence-electron chi connectivity index (χ1n) is 19.1. The Bertz CT molecular complexity index is 2300. The Kier molecular flexibility index (Phi) is 12.6. The number of urea groups is 1. The molecule has 0 fully saturated rings. The van der Waals surface area contributed by atoms with Crippen molar-refractivity contribution in [3.63, 3.8) is 0 Å². The molecule has 0 unspecified atom stereocenters. The third-order valence-electron chi connectivity index (χ3n) is 10.1. The van der Waals surface area contributed by atoms with Crippen LogP contribution in [-0.4, -0.2) is 75.4 Å². The number of aryl methyl sites for hydroxylation is 1. The molecule has 13 nitrogen and oxygen atoms in total. The number of hydrogen-bond donors (Lipinski definition) is 5. The summed E-state index contributed by atoms with van der Waals surface area (Å²) in [6, 6.07) is 19.4. The molecule has 4 amide bonds. The lowest BCUT2D eigenvalue weighted by atomic mass is 9.98. The molecule has 0 spiro atoms. The number of hydrogen-bond acceptors (Lipinski definition) is 7. The Morgan fingerprint density at radius 2 is 1.64 bits per heavy atom. The summed E-state index contributed by atoms with van der Waals surface area (Å²) in [6.07, 6.45) is 5.11. The summed E-state index contributed by atoms with van der Waals surface area (Å²) in [7, 11) is 0. The Balaban J connectivity index is 1.02. The summed E-state index contributed by atoms with van der Waals surface area (Å²) in [5.74, 6) is -0.584. The van der Waals surface area contributed by atoms with Crippen LogP contribution < -0.4 is 21.3 Å². The van der Waals surface area contributed by atoms with Crippen LogP contribution in [0.5, 0.6) is 0 Å². The predicted molar refractivity (Wildman–Crippen MR) is 220 cm³/mol. The topological polar surface area (TPSA) is 170 Å². The third kappa shape index (κ3) is 9.29. The van der Waals surface area contributed by atoms with E-state index >= 15 is 0 Å². The SMILES string of the molecule is CCN(CC)CCNC(=O)c1c(C)[nH]c(/C=C2\C(=O)Nc3ccc(CC(=O)CCCCC(=O)n4ncc5ccc(NC(=O)Nc6ccccc6)cc54)cc32)c1C. The van der Waals surface area contributed by atoms with Gasteiger partial charge in [-0.05, 0) is 99.4 Å². The molecule has 56 heavy (non-hydrogen) atoms. The maximum Gasteiger partial charge on any atom is 0.323 e. The van der Waals surface area contributed by atoms with Gasteiger partial charge in [0, 0.05) is 71.8 Å². The van der Waals surface area contributed by atoms with Crippen LogP contribution in [0.3, 0.4) is 0 Å². The fourth-order valence-corrected chi connectivity index (χ4v) is 6.98. The van der Waals surface area contributed by atoms with Gasteiger partial charge in [0.1, 0.15) is 5.78 Å². The Morgan fingerprint density at radius 3 is 2.41 bits per heavy atom. The lowest BCUT2D eigenvalue weighted by Crippen LogP contribution is -2.35. The first kappa shape index (κ1) is 39.4. The summed E-state index contributed by atoms with van der Waals surface area (Å²) in [4.78, 5) is 70.4. The molecule has 0 radical (unpaired) electrons. The monoisotopic (exact) mass is 756 g/mol. The molecule has 5 aromatic rings. The fraction of sp³-hybridized carbons (Fsp3) is 0.302. The zero-order chi connectivity index (χ0) is 39.8. The quantitative estimate of drug-likeness (QED) is 0.0524. The highest BCUT2D eigenvalue weighted by Gasteiger charge is 2.26. The number of ketones is 1. The fourth-order valence-electron chi connectivity index (χ4n) is 6.98. The zero-order valence-corrected chi connectivity index (χ0v) is 32.3. The number of benzene rings is 3. The van der Waals surface area contributed by atoms with Gasteiger partial charge in [-0.1, -0.05) is 38.1 Å². The summed E-state index contributed by atoms with van der Waals surface area (Å²) in [6.45, 7) is 11.0. The van der Waals surface area contributed by atoms with Crippen molar-refractivity contribution in [1.29, 1.82) is 0 Å². The second-order valence-electron chi connectivity index (χ2n) is 13.9. The first-order valence-corrected chi connectivity index (χ1v) is 19.1. The molecule has 6 rings (SSSR count). The van der Waals surface area contributed by atoms with E-state index in [-0.39, 0.29) is 36.3 Å². The normalized spacial score (nSPS) is 12.9. The average molecular weight is 757 g/mol. The van der Waals surface area contributed by atoms with E-state index in [0.717, 1.165) is 41.8 Å². The molecule has 3 heterocycles. The van der Waals surface area contributed by atoms with E-state index in [1.807, 2.05) is 50.2 Å². The van der Waals surface area contributed by atoms with Gasteiger partial charge >= 0.3 is 6.03 Å². The second kappa shape index (κ2) is 17.9. The number of aromatic amines is 1. The van der Waals surface area contributed by atoms with Crippen molar-refractivity contribution in [2.24, 2.45) is 0 Å². The maximum atomic E-state index is 13.1. The number of amides is 4. The van der Waals surface area contributed by atoms with Gasteiger partial charge in [-0.25, -0.2) is 9.48 Å². The van der Waals surface area contributed by atoms with Gasteiger partial charge in [-0.2, -0.15) is 5.10 Å². The largest absolute Gasteiger partial charge is 0.358 e. The van der Waals surface area contributed by atoms with E-state index in [4.69, 9.17) is 0 Å². The maximum absolute atomic E-state index is 13.1. The van der Waals surface area contributed by atoms with E-state index in [1.165, 1.54) is 4.68 Å². The van der Waals surface area contributed by atoms with Gasteiger partial charge in [-0.15, -0.1) is 0 Å². The van der Waals surface area contributed by atoms with E-state index in [1.54, 1.807) is 42.6 Å². The van der Waals surface area contributed by atoms with Crippen LogP contribution in [-0.2, 0) is 16.0 Å². The molecule has 0 aliphatic carbocycles. The molecular weight excluding hydrogens is 709 g/mol. The summed E-state index contributed by atoms with van der Waals surface area (Å²) >= 11 is 0. The van der Waals surface area contributed by atoms with Gasteiger partial charge in [0.15, 0.2) is 0 Å². The summed E-state index contributed by atoms with van der Waals surface area (Å²) in [5, 5.41) is 16.5. The van der Waals surface area contributed by atoms with Crippen molar-refractivity contribution in [2.75, 3.05) is 42.1 Å². The number of rotatable bonds is 16. The molecule has 0 atom stereocenters. The molecule has 0 bridgehead atoms. The Hall–Kier alpha value is -6.34. The Morgan fingerprint density at radius 1 is 0.893 bits per heavy atom. The number of nitrogens with one attached hydrogen (secondary N) is 5. The van der Waals surface area contributed by atoms with E-state index in [9.17, 15) is 24.0 Å². The smallest absolute Gasteiger partial charge is 0.323 e. The first-order chi connectivity index (χ1) is 27.0. The molecule has 3 aromatic carbocycles. The number of anilines is 3. The van der Waals surface area contributed by atoms with Crippen molar-refractivity contribution in [2.45, 2.75) is 59.8 Å². The number of nitrogens with zero attached hydrogens (tertiary/aromatic N) is 3. The van der Waals surface area contributed by atoms with Crippen molar-refractivity contribution in [3.05, 3.63) is 107 Å². The lowest BCUT2D eigenvalue weighted by Gasteiger charge is -2.18. The average Bonchev–Trinajstić information content (AvgIpc) is 3.83. The third-order valence-corrected chi connectivity index (χ3v) is 10.1. The highest BCUT2D eigenvalue weighted by molar-refractivity contribution is 6.35. The van der Waals surface area contributed by atoms with Crippen molar-refractivity contribution < 1.29 is 24.0 Å². The number of likely N-dealkylation sites (N-methyl/N-ethyl adjacent to an activating group) is 1. The molecule has 2 aromatic heterocycles. The molecule has 5 N–H and O–H groups in total. The van der Waals surface area contributed by atoms with E-state index in [0.29, 0.717) is 70.8 Å². The van der Waals surface area contributed by atoms with Crippen LogP contribution in [0, 0.1) is 13.8 Å². The molecular formula is C43H48N8O5. The predicted octanol–water partition coefficient (Wildman–Crippen LogP) is 7.20. The highest BCUT2D eigenvalue weighted by atomic mass is 16.2. The van der Waals surface area contributed by atoms with E-state index < -0.39 is 6.03 Å². The zero-order valence-electron chi connectivity index (χ0n) is 32.3. The minimum Gasteiger partial charge on any atom is -0.358 e. The number of fused-ring (bicyclic) bond motifs is 2. The second-order valence-corrected chi connectivity index (χ2v) is 13.9. The number of H-pyrrole nitrogens is 1. The number of unbranched alkanes of at least 4 members (excludes halogenated alkanes) is 1. The number of carbonyl (C=O) groups excluding carboxylic acids is 5. The summed E-state index contributed by atoms with van der Waals surface area (Å²) < 4.78 is 1.34. The Labute approximate surface area is 325 Å². The van der Waals surface area contributed by atoms with Crippen LogP contribution in [0.2, 0.25) is 0 Å². The minimum atomic E-state index is -0.404. The molecule has 1 aliphatic rings. The van der Waals surface area contributed by atoms with Gasteiger partial charge in [0.05, 0.1) is 22.9 Å². The number of Topliss-reactive ketones (excluding diaryl/α,β-unsaturated/α-hetero) is 1. The standard InChI is InChI=1S/C43H48N8O5/c1-5-50(6-2)21-20-44-42(55)40-27(3)37(46-28(40)4)25-35-34-23-29(16-19-36(34)49-41(35)54)22-33(52)14-10-11-15-39(53)51-38-24-32(18-17-30(38)26-45-51)48-43(56)47-31-12-8-7-9-13-31/h7-9,12-13,16-19,23-26,46H,5-6,10-11,14-15,20-22H2,1-4H3,(H,44,55)(H,49,54)(H2,47,48,56)/b35-25-. The number of carbonyl (C=O) groups is 5. The van der Waals surface area contributed by atoms with Gasteiger partial charge in [0.2, 0.25) is 5.91 Å². The van der Waals surface area contributed by atoms with Crippen molar-refractivity contribution >= 4 is 69.2 Å². The van der Waals surface area contributed by atoms with Crippen molar-refractivity contribution in [3.8, 4) is 0 Å². The highest BCUT2D eigenvalue weighted by Crippen LogP contribution is 2.35. The molecule has 13 heteroatoms. The molecule has 0 saturated heterocycles. The van der Waals surface area contributed by atoms with Gasteiger partial charge in [-0.3, -0.25) is 19.2 Å². The molecule has 0 saturated carbocycles. The molecule has 1 aliphatic heterocycles. The van der Waals surface area contributed by atoms with Crippen LogP contribution in [0.25, 0.3) is 22.6 Å². The number of para-hydroxylation sites is 1. The van der Waals surface area contributed by atoms with Gasteiger partial charge < -0.3 is 31.2 Å². The van der Waals surface area contributed by atoms with Crippen molar-refractivity contribution in [1.82, 2.24) is 25.0 Å². The lowest BCUT2D eigenvalue weighted by molar-refractivity contribution is -0.118. The van der Waals surface area contributed by atoms with Gasteiger partial charge in [0.25, 0.3) is 11.8 Å². The number of aromatic nitrogens is 3.